The molecule has 0 spiro atoms. The highest BCUT2D eigenvalue weighted by Gasteiger charge is 2.36. The van der Waals surface area contributed by atoms with Crippen molar-refractivity contribution in [1.29, 1.82) is 0 Å². The van der Waals surface area contributed by atoms with Crippen LogP contribution in [-0.4, -0.2) is 40.3 Å². The summed E-state index contributed by atoms with van der Waals surface area (Å²) in [7, 11) is 0. The highest BCUT2D eigenvalue weighted by Crippen LogP contribution is 2.24. The molecule has 0 saturated carbocycles. The minimum atomic E-state index is -0.544. The van der Waals surface area contributed by atoms with Crippen molar-refractivity contribution in [3.63, 3.8) is 0 Å². The minimum Gasteiger partial charge on any atom is -0.487 e. The van der Waals surface area contributed by atoms with Crippen LogP contribution < -0.4 is 4.74 Å². The van der Waals surface area contributed by atoms with E-state index >= 15 is 0 Å². The maximum Gasteiger partial charge on any atom is 0.410 e. The molecule has 1 aliphatic heterocycles. The summed E-state index contributed by atoms with van der Waals surface area (Å²) in [5.41, 5.74) is -0.517. The molecule has 2 rings (SSSR count). The average molecular weight is 296 g/mol. The van der Waals surface area contributed by atoms with Crippen LogP contribution in [0.1, 0.15) is 34.1 Å². The minimum absolute atomic E-state index is 0.0401. The van der Waals surface area contributed by atoms with Gasteiger partial charge < -0.3 is 14.4 Å². The number of likely N-dealkylation sites (tertiary alicyclic amines) is 1. The number of aromatic nitrogens is 1. The van der Waals surface area contributed by atoms with Gasteiger partial charge in [0.25, 0.3) is 0 Å². The zero-order valence-corrected chi connectivity index (χ0v) is 12.8. The Labute approximate surface area is 124 Å². The largest absolute Gasteiger partial charge is 0.487 e. The summed E-state index contributed by atoms with van der Waals surface area (Å²) in [5.74, 6) is -0.0443. The molecule has 0 unspecified atom stereocenters. The zero-order valence-electron chi connectivity index (χ0n) is 12.8. The van der Waals surface area contributed by atoms with Gasteiger partial charge in [-0.25, -0.2) is 9.78 Å². The average Bonchev–Trinajstić information content (AvgIpc) is 2.71. The maximum atomic E-state index is 12.8. The maximum absolute atomic E-state index is 12.8. The number of hydrogen-bond acceptors (Lipinski definition) is 4. The van der Waals surface area contributed by atoms with Gasteiger partial charge in [-0.05, 0) is 39.8 Å². The van der Waals surface area contributed by atoms with E-state index in [9.17, 15) is 9.18 Å². The predicted octanol–water partition coefficient (Wildman–Crippen LogP) is 3.00. The molecule has 1 aromatic heterocycles. The molecule has 21 heavy (non-hydrogen) atoms. The summed E-state index contributed by atoms with van der Waals surface area (Å²) in [6.07, 6.45) is 1.57. The highest BCUT2D eigenvalue weighted by atomic mass is 19.1. The van der Waals surface area contributed by atoms with Gasteiger partial charge in [-0.15, -0.1) is 0 Å². The van der Waals surface area contributed by atoms with Gasteiger partial charge >= 0.3 is 6.09 Å². The normalized spacial score (nSPS) is 22.2. The molecule has 1 saturated heterocycles. The Bertz CT molecular complexity index is 499. The fourth-order valence-electron chi connectivity index (χ4n) is 2.27. The summed E-state index contributed by atoms with van der Waals surface area (Å²) in [4.78, 5) is 17.3. The first kappa shape index (κ1) is 15.5. The van der Waals surface area contributed by atoms with E-state index in [1.807, 2.05) is 27.7 Å². The molecule has 1 fully saturated rings. The van der Waals surface area contributed by atoms with Gasteiger partial charge in [0.15, 0.2) is 0 Å². The summed E-state index contributed by atoms with van der Waals surface area (Å²) < 4.78 is 23.9. The zero-order chi connectivity index (χ0) is 15.6. The van der Waals surface area contributed by atoms with Gasteiger partial charge in [0, 0.05) is 12.5 Å². The van der Waals surface area contributed by atoms with E-state index in [-0.39, 0.29) is 18.2 Å². The Hall–Kier alpha value is -1.85. The van der Waals surface area contributed by atoms with Crippen LogP contribution in [0.3, 0.4) is 0 Å². The van der Waals surface area contributed by atoms with Crippen molar-refractivity contribution in [3.05, 3.63) is 24.3 Å². The Balaban J connectivity index is 1.94. The van der Waals surface area contributed by atoms with E-state index in [1.54, 1.807) is 4.90 Å². The van der Waals surface area contributed by atoms with Crippen LogP contribution in [0.5, 0.6) is 5.75 Å². The summed E-state index contributed by atoms with van der Waals surface area (Å²) in [6, 6.07) is 2.82. The van der Waals surface area contributed by atoms with Crippen LogP contribution in [0.25, 0.3) is 0 Å². The first-order chi connectivity index (χ1) is 9.74. The predicted molar refractivity (Wildman–Crippen MR) is 75.6 cm³/mol. The number of ether oxygens (including phenoxy) is 2. The van der Waals surface area contributed by atoms with E-state index < -0.39 is 11.5 Å². The van der Waals surface area contributed by atoms with Crippen LogP contribution >= 0.6 is 0 Å². The quantitative estimate of drug-likeness (QED) is 0.787. The van der Waals surface area contributed by atoms with Crippen molar-refractivity contribution in [2.24, 2.45) is 0 Å². The lowest BCUT2D eigenvalue weighted by Gasteiger charge is -2.26. The van der Waals surface area contributed by atoms with Gasteiger partial charge in [0.2, 0.25) is 5.95 Å². The number of carbonyl (C=O) groups excluding carboxylic acids is 1. The summed E-state index contributed by atoms with van der Waals surface area (Å²) >= 11 is 0. The lowest BCUT2D eigenvalue weighted by atomic mass is 10.2. The van der Waals surface area contributed by atoms with Crippen molar-refractivity contribution in [2.75, 3.05) is 6.54 Å². The number of halogens is 1. The van der Waals surface area contributed by atoms with Gasteiger partial charge in [0.05, 0.1) is 12.7 Å². The first-order valence-electron chi connectivity index (χ1n) is 7.02. The van der Waals surface area contributed by atoms with E-state index in [0.29, 0.717) is 18.7 Å². The van der Waals surface area contributed by atoms with Gasteiger partial charge in [-0.1, -0.05) is 0 Å². The topological polar surface area (TPSA) is 51.7 Å². The third-order valence-corrected chi connectivity index (χ3v) is 3.17. The van der Waals surface area contributed by atoms with Crippen LogP contribution in [0.4, 0.5) is 9.18 Å². The molecule has 1 aliphatic rings. The van der Waals surface area contributed by atoms with Gasteiger partial charge in [-0.3, -0.25) is 0 Å². The number of pyridine rings is 1. The number of nitrogens with zero attached hydrogens (tertiary/aromatic N) is 2. The van der Waals surface area contributed by atoms with Crippen LogP contribution in [-0.2, 0) is 4.74 Å². The van der Waals surface area contributed by atoms with Crippen LogP contribution in [0, 0.1) is 5.95 Å². The number of hydrogen-bond donors (Lipinski definition) is 0. The lowest BCUT2D eigenvalue weighted by Crippen LogP contribution is -2.39. The van der Waals surface area contributed by atoms with Crippen LogP contribution in [0.2, 0.25) is 0 Å². The second-order valence-corrected chi connectivity index (χ2v) is 6.27. The molecule has 1 aromatic rings. The molecule has 0 aromatic carbocycles. The first-order valence-corrected chi connectivity index (χ1v) is 7.02. The molecule has 0 N–H and O–H groups in total. The van der Waals surface area contributed by atoms with Crippen molar-refractivity contribution >= 4 is 6.09 Å². The van der Waals surface area contributed by atoms with Crippen molar-refractivity contribution in [3.8, 4) is 5.75 Å². The monoisotopic (exact) mass is 296 g/mol. The third kappa shape index (κ3) is 4.31. The molecule has 0 bridgehead atoms. The number of rotatable bonds is 2. The Morgan fingerprint density at radius 2 is 2.14 bits per heavy atom. The van der Waals surface area contributed by atoms with Gasteiger partial charge in [-0.2, -0.15) is 4.39 Å². The Kier molecular flexibility index (Phi) is 4.34. The fraction of sp³-hybridized carbons (Fsp3) is 0.600. The molecule has 2 heterocycles. The lowest BCUT2D eigenvalue weighted by molar-refractivity contribution is 0.0224. The summed E-state index contributed by atoms with van der Waals surface area (Å²) in [5, 5.41) is 0. The van der Waals surface area contributed by atoms with Crippen molar-refractivity contribution < 1.29 is 18.7 Å². The highest BCUT2D eigenvalue weighted by molar-refractivity contribution is 5.69. The standard InChI is InChI=1S/C15H21FN2O3/c1-10-7-12(20-11-5-6-13(16)17-8-11)9-18(10)14(19)21-15(2,3)4/h5-6,8,10,12H,7,9H2,1-4H3/t10-,12+/m0/s1. The van der Waals surface area contributed by atoms with Gasteiger partial charge in [0.1, 0.15) is 17.5 Å². The third-order valence-electron chi connectivity index (χ3n) is 3.17. The molecule has 1 amide bonds. The second kappa shape index (κ2) is 5.87. The molecule has 116 valence electrons. The van der Waals surface area contributed by atoms with E-state index in [1.165, 1.54) is 18.3 Å². The Morgan fingerprint density at radius 1 is 1.43 bits per heavy atom. The molecule has 5 nitrogen and oxygen atoms in total. The smallest absolute Gasteiger partial charge is 0.410 e. The summed E-state index contributed by atoms with van der Waals surface area (Å²) in [6.45, 7) is 7.92. The molecular formula is C15H21FN2O3. The number of amides is 1. The molecule has 0 radical (unpaired) electrons. The fourth-order valence-corrected chi connectivity index (χ4v) is 2.27. The molecule has 2 atom stereocenters. The molecule has 0 aliphatic carbocycles. The SMILES string of the molecule is C[C@H]1C[C@@H](Oc2ccc(F)nc2)CN1C(=O)OC(C)(C)C. The second-order valence-electron chi connectivity index (χ2n) is 6.27. The van der Waals surface area contributed by atoms with Crippen molar-refractivity contribution in [1.82, 2.24) is 9.88 Å². The van der Waals surface area contributed by atoms with E-state index in [4.69, 9.17) is 9.47 Å². The van der Waals surface area contributed by atoms with Crippen molar-refractivity contribution in [2.45, 2.75) is 51.9 Å². The Morgan fingerprint density at radius 3 is 2.71 bits per heavy atom. The van der Waals surface area contributed by atoms with E-state index in [0.717, 1.165) is 0 Å². The van der Waals surface area contributed by atoms with E-state index in [2.05, 4.69) is 4.98 Å². The molecule has 6 heteroatoms. The molecular weight excluding hydrogens is 275 g/mol. The number of carbonyl (C=O) groups is 1. The van der Waals surface area contributed by atoms with Crippen LogP contribution in [0.15, 0.2) is 18.3 Å².